The molecule has 3 heterocycles. The van der Waals surface area contributed by atoms with Crippen molar-refractivity contribution in [2.24, 2.45) is 11.1 Å². The molecule has 8 heteroatoms. The van der Waals surface area contributed by atoms with Crippen molar-refractivity contribution in [2.75, 3.05) is 23.3 Å². The molecular formula is C24H26N4O2S2. The van der Waals surface area contributed by atoms with Gasteiger partial charge in [-0.25, -0.2) is 4.98 Å². The number of hydrogen-bond acceptors (Lipinski definition) is 6. The van der Waals surface area contributed by atoms with Crippen LogP contribution in [0.2, 0.25) is 0 Å². The molecule has 1 aliphatic heterocycles. The molecule has 3 N–H and O–H groups in total. The van der Waals surface area contributed by atoms with E-state index in [1.807, 2.05) is 23.6 Å². The highest BCUT2D eigenvalue weighted by Gasteiger charge is 2.38. The molecule has 0 atom stereocenters. The summed E-state index contributed by atoms with van der Waals surface area (Å²) >= 11 is 3.07. The maximum Gasteiger partial charge on any atom is 0.275 e. The van der Waals surface area contributed by atoms with Gasteiger partial charge in [0.1, 0.15) is 10.7 Å². The van der Waals surface area contributed by atoms with Gasteiger partial charge in [0.05, 0.1) is 16.3 Å². The summed E-state index contributed by atoms with van der Waals surface area (Å²) in [7, 11) is 0. The number of carbonyl (C=O) groups excluding carboxylic acids is 2. The zero-order chi connectivity index (χ0) is 22.1. The molecule has 0 bridgehead atoms. The first-order valence-electron chi connectivity index (χ1n) is 11.0. The van der Waals surface area contributed by atoms with Crippen molar-refractivity contribution >= 4 is 45.9 Å². The lowest BCUT2D eigenvalue weighted by molar-refractivity contribution is 0.0998. The van der Waals surface area contributed by atoms with Crippen LogP contribution in [0.3, 0.4) is 0 Å². The number of primary amides is 1. The monoisotopic (exact) mass is 466 g/mol. The third-order valence-corrected chi connectivity index (χ3v) is 8.55. The number of nitrogens with two attached hydrogens (primary N) is 1. The molecular weight excluding hydrogens is 440 g/mol. The number of amides is 2. The summed E-state index contributed by atoms with van der Waals surface area (Å²) in [5.74, 6) is -0.707. The van der Waals surface area contributed by atoms with Crippen LogP contribution in [0.15, 0.2) is 41.1 Å². The quantitative estimate of drug-likeness (QED) is 0.528. The van der Waals surface area contributed by atoms with Gasteiger partial charge in [0.2, 0.25) is 5.91 Å². The molecule has 1 aliphatic carbocycles. The summed E-state index contributed by atoms with van der Waals surface area (Å²) in [6.07, 6.45) is 7.45. The fourth-order valence-corrected chi connectivity index (χ4v) is 6.69. The minimum atomic E-state index is -0.461. The van der Waals surface area contributed by atoms with Gasteiger partial charge in [0.15, 0.2) is 0 Å². The molecule has 1 saturated carbocycles. The number of thiazole rings is 1. The van der Waals surface area contributed by atoms with E-state index < -0.39 is 5.91 Å². The summed E-state index contributed by atoms with van der Waals surface area (Å²) in [6.45, 7) is 1.86. The Balaban J connectivity index is 1.42. The number of nitrogens with one attached hydrogen (secondary N) is 1. The lowest BCUT2D eigenvalue weighted by Crippen LogP contribution is -2.42. The molecule has 2 aliphatic rings. The number of nitrogens with zero attached hydrogens (tertiary/aromatic N) is 2. The van der Waals surface area contributed by atoms with E-state index in [-0.39, 0.29) is 5.91 Å². The summed E-state index contributed by atoms with van der Waals surface area (Å²) in [6, 6.07) is 9.26. The molecule has 32 heavy (non-hydrogen) atoms. The molecule has 3 aromatic rings. The Bertz CT molecular complexity index is 1130. The van der Waals surface area contributed by atoms with Crippen LogP contribution >= 0.6 is 22.7 Å². The van der Waals surface area contributed by atoms with Crippen molar-refractivity contribution in [3.05, 3.63) is 52.3 Å². The van der Waals surface area contributed by atoms with Gasteiger partial charge in [-0.1, -0.05) is 18.9 Å². The first-order valence-corrected chi connectivity index (χ1v) is 12.8. The molecule has 2 amide bonds. The van der Waals surface area contributed by atoms with Crippen molar-refractivity contribution in [2.45, 2.75) is 38.5 Å². The average Bonchev–Trinajstić information content (AvgIpc) is 3.56. The molecule has 2 fully saturated rings. The predicted molar refractivity (Wildman–Crippen MR) is 131 cm³/mol. The molecule has 2 aromatic heterocycles. The minimum absolute atomic E-state index is 0.246. The van der Waals surface area contributed by atoms with E-state index in [0.717, 1.165) is 35.1 Å². The third-order valence-electron chi connectivity index (χ3n) is 6.67. The lowest BCUT2D eigenvalue weighted by Gasteiger charge is -2.42. The molecule has 1 saturated heterocycles. The SMILES string of the molecule is NC(=O)c1ccc(NC(=O)c2csc(-c3cccs3)n2)c(N2CCCC3(CCCC3)C2)c1. The topological polar surface area (TPSA) is 88.3 Å². The first-order chi connectivity index (χ1) is 15.5. The number of hydrogen-bond donors (Lipinski definition) is 2. The number of aromatic nitrogens is 1. The van der Waals surface area contributed by atoms with Gasteiger partial charge in [-0.05, 0) is 60.7 Å². The van der Waals surface area contributed by atoms with Gasteiger partial charge in [-0.3, -0.25) is 9.59 Å². The van der Waals surface area contributed by atoms with Crippen molar-refractivity contribution < 1.29 is 9.59 Å². The number of piperidine rings is 1. The van der Waals surface area contributed by atoms with Crippen molar-refractivity contribution in [3.8, 4) is 9.88 Å². The van der Waals surface area contributed by atoms with Crippen LogP contribution in [0.5, 0.6) is 0 Å². The Morgan fingerprint density at radius 1 is 1.09 bits per heavy atom. The second kappa shape index (κ2) is 8.67. The number of carbonyl (C=O) groups is 2. The number of thiophene rings is 1. The first kappa shape index (κ1) is 21.2. The van der Waals surface area contributed by atoms with Crippen LogP contribution in [0.4, 0.5) is 11.4 Å². The van der Waals surface area contributed by atoms with Crippen LogP contribution in [0.25, 0.3) is 9.88 Å². The Labute approximate surface area is 195 Å². The number of benzene rings is 1. The van der Waals surface area contributed by atoms with Crippen LogP contribution < -0.4 is 16.0 Å². The highest BCUT2D eigenvalue weighted by atomic mass is 32.1. The van der Waals surface area contributed by atoms with E-state index in [0.29, 0.717) is 22.4 Å². The van der Waals surface area contributed by atoms with Crippen molar-refractivity contribution in [1.29, 1.82) is 0 Å². The molecule has 0 unspecified atom stereocenters. The molecule has 5 rings (SSSR count). The van der Waals surface area contributed by atoms with Gasteiger partial charge < -0.3 is 16.0 Å². The van der Waals surface area contributed by atoms with E-state index >= 15 is 0 Å². The fraction of sp³-hybridized carbons (Fsp3) is 0.375. The Morgan fingerprint density at radius 3 is 2.66 bits per heavy atom. The van der Waals surface area contributed by atoms with Crippen LogP contribution in [-0.2, 0) is 0 Å². The largest absolute Gasteiger partial charge is 0.369 e. The zero-order valence-corrected chi connectivity index (χ0v) is 19.4. The van der Waals surface area contributed by atoms with Crippen LogP contribution in [0, 0.1) is 5.41 Å². The van der Waals surface area contributed by atoms with E-state index in [1.165, 1.54) is 43.4 Å². The molecule has 166 valence electrons. The van der Waals surface area contributed by atoms with Crippen molar-refractivity contribution in [3.63, 3.8) is 0 Å². The van der Waals surface area contributed by atoms with Crippen LogP contribution in [0.1, 0.15) is 59.4 Å². The maximum atomic E-state index is 13.0. The Kier molecular flexibility index (Phi) is 5.73. The summed E-state index contributed by atoms with van der Waals surface area (Å²) in [5.41, 5.74) is 8.34. The standard InChI is InChI=1S/C24H26N4O2S2/c25-21(29)16-6-7-17(19(13-16)28-11-4-10-24(15-28)8-1-2-9-24)26-22(30)18-14-32-23(27-18)20-5-3-12-31-20/h3,5-7,12-14H,1-2,4,8-11,15H2,(H2,25,29)(H,26,30). The van der Waals surface area contributed by atoms with Crippen LogP contribution in [-0.4, -0.2) is 29.9 Å². The summed E-state index contributed by atoms with van der Waals surface area (Å²) in [5, 5.41) is 7.67. The van der Waals surface area contributed by atoms with E-state index in [9.17, 15) is 9.59 Å². The van der Waals surface area contributed by atoms with Gasteiger partial charge in [-0.15, -0.1) is 22.7 Å². The molecule has 6 nitrogen and oxygen atoms in total. The summed E-state index contributed by atoms with van der Waals surface area (Å²) < 4.78 is 0. The van der Waals surface area contributed by atoms with Crippen molar-refractivity contribution in [1.82, 2.24) is 4.98 Å². The minimum Gasteiger partial charge on any atom is -0.369 e. The van der Waals surface area contributed by atoms with Gasteiger partial charge in [0, 0.05) is 24.0 Å². The zero-order valence-electron chi connectivity index (χ0n) is 17.8. The van der Waals surface area contributed by atoms with Gasteiger partial charge in [-0.2, -0.15) is 0 Å². The molecule has 0 radical (unpaired) electrons. The smallest absolute Gasteiger partial charge is 0.275 e. The highest BCUT2D eigenvalue weighted by Crippen LogP contribution is 2.46. The predicted octanol–water partition coefficient (Wildman–Crippen LogP) is 5.38. The van der Waals surface area contributed by atoms with E-state index in [4.69, 9.17) is 5.73 Å². The molecule has 1 aromatic carbocycles. The highest BCUT2D eigenvalue weighted by molar-refractivity contribution is 7.20. The van der Waals surface area contributed by atoms with Gasteiger partial charge >= 0.3 is 0 Å². The summed E-state index contributed by atoms with van der Waals surface area (Å²) in [4.78, 5) is 32.8. The fourth-order valence-electron chi connectivity index (χ4n) is 5.08. The average molecular weight is 467 g/mol. The normalized spacial score (nSPS) is 17.6. The second-order valence-electron chi connectivity index (χ2n) is 8.80. The molecule has 1 spiro atoms. The maximum absolute atomic E-state index is 13.0. The van der Waals surface area contributed by atoms with E-state index in [1.54, 1.807) is 28.8 Å². The lowest BCUT2D eigenvalue weighted by atomic mass is 9.78. The number of anilines is 2. The number of rotatable bonds is 5. The van der Waals surface area contributed by atoms with Gasteiger partial charge in [0.25, 0.3) is 5.91 Å². The second-order valence-corrected chi connectivity index (χ2v) is 10.6. The Hall–Kier alpha value is -2.71. The Morgan fingerprint density at radius 2 is 1.91 bits per heavy atom. The third kappa shape index (κ3) is 4.17. The van der Waals surface area contributed by atoms with E-state index in [2.05, 4.69) is 15.2 Å².